The Hall–Kier alpha value is -2.83. The standard InChI is InChI=1S/C14H15N5O2/c1-9-6-12(18-17-9)16-13(20)8-21-11-4-3-5-19-7-10(2)15-14(11)19/h3-7H,8H2,1-2H3,(H2,16,17,18,20). The lowest BCUT2D eigenvalue weighted by Crippen LogP contribution is -2.20. The van der Waals surface area contributed by atoms with Crippen molar-refractivity contribution in [1.29, 1.82) is 0 Å². The summed E-state index contributed by atoms with van der Waals surface area (Å²) in [7, 11) is 0. The molecule has 0 aromatic carbocycles. The highest BCUT2D eigenvalue weighted by atomic mass is 16.5. The van der Waals surface area contributed by atoms with Crippen LogP contribution in [0, 0.1) is 13.8 Å². The Morgan fingerprint density at radius 1 is 1.48 bits per heavy atom. The van der Waals surface area contributed by atoms with E-state index in [0.717, 1.165) is 11.4 Å². The number of aromatic nitrogens is 4. The van der Waals surface area contributed by atoms with Gasteiger partial charge in [0.2, 0.25) is 0 Å². The van der Waals surface area contributed by atoms with Crippen molar-refractivity contribution in [3.63, 3.8) is 0 Å². The van der Waals surface area contributed by atoms with Gasteiger partial charge in [0, 0.05) is 24.2 Å². The lowest BCUT2D eigenvalue weighted by molar-refractivity contribution is -0.118. The molecule has 3 aromatic heterocycles. The number of aryl methyl sites for hydroxylation is 2. The van der Waals surface area contributed by atoms with Gasteiger partial charge in [-0.05, 0) is 26.0 Å². The summed E-state index contributed by atoms with van der Waals surface area (Å²) < 4.78 is 7.40. The fraction of sp³-hybridized carbons (Fsp3) is 0.214. The summed E-state index contributed by atoms with van der Waals surface area (Å²) >= 11 is 0. The number of anilines is 1. The zero-order valence-electron chi connectivity index (χ0n) is 11.8. The molecule has 0 aliphatic carbocycles. The van der Waals surface area contributed by atoms with Crippen molar-refractivity contribution in [2.75, 3.05) is 11.9 Å². The molecule has 1 amide bonds. The summed E-state index contributed by atoms with van der Waals surface area (Å²) in [5.41, 5.74) is 2.46. The van der Waals surface area contributed by atoms with E-state index < -0.39 is 0 Å². The summed E-state index contributed by atoms with van der Waals surface area (Å²) in [5.74, 6) is 0.779. The van der Waals surface area contributed by atoms with Crippen LogP contribution in [0.15, 0.2) is 30.6 Å². The van der Waals surface area contributed by atoms with Crippen molar-refractivity contribution in [2.45, 2.75) is 13.8 Å². The Balaban J connectivity index is 1.67. The Labute approximate surface area is 121 Å². The minimum absolute atomic E-state index is 0.0997. The molecule has 0 fully saturated rings. The summed E-state index contributed by atoms with van der Waals surface area (Å²) in [6.07, 6.45) is 3.78. The van der Waals surface area contributed by atoms with Gasteiger partial charge in [-0.1, -0.05) is 0 Å². The number of carbonyl (C=O) groups excluding carboxylic acids is 1. The van der Waals surface area contributed by atoms with Crippen LogP contribution in [0.4, 0.5) is 5.82 Å². The molecule has 7 heteroatoms. The Morgan fingerprint density at radius 2 is 2.33 bits per heavy atom. The predicted molar refractivity (Wildman–Crippen MR) is 77.4 cm³/mol. The second kappa shape index (κ2) is 5.28. The molecule has 108 valence electrons. The summed E-state index contributed by atoms with van der Waals surface area (Å²) in [6.45, 7) is 3.67. The van der Waals surface area contributed by atoms with Crippen LogP contribution in [0.3, 0.4) is 0 Å². The minimum Gasteiger partial charge on any atom is -0.480 e. The fourth-order valence-corrected chi connectivity index (χ4v) is 2.03. The molecule has 2 N–H and O–H groups in total. The lowest BCUT2D eigenvalue weighted by Gasteiger charge is -2.06. The largest absolute Gasteiger partial charge is 0.480 e. The first-order chi connectivity index (χ1) is 10.1. The van der Waals surface area contributed by atoms with E-state index in [-0.39, 0.29) is 12.5 Å². The van der Waals surface area contributed by atoms with Crippen LogP contribution < -0.4 is 10.1 Å². The number of nitrogens with zero attached hydrogens (tertiary/aromatic N) is 3. The molecule has 0 saturated carbocycles. The third-order valence-electron chi connectivity index (χ3n) is 2.90. The summed E-state index contributed by atoms with van der Waals surface area (Å²) in [4.78, 5) is 16.2. The minimum atomic E-state index is -0.271. The molecule has 21 heavy (non-hydrogen) atoms. The van der Waals surface area contributed by atoms with Crippen molar-refractivity contribution >= 4 is 17.4 Å². The van der Waals surface area contributed by atoms with Crippen molar-refractivity contribution in [3.8, 4) is 5.75 Å². The molecule has 0 aliphatic rings. The fourth-order valence-electron chi connectivity index (χ4n) is 2.03. The Bertz CT molecular complexity index is 790. The van der Waals surface area contributed by atoms with E-state index in [9.17, 15) is 4.79 Å². The lowest BCUT2D eigenvalue weighted by atomic mass is 10.4. The van der Waals surface area contributed by atoms with E-state index in [2.05, 4.69) is 20.5 Å². The van der Waals surface area contributed by atoms with Crippen molar-refractivity contribution < 1.29 is 9.53 Å². The van der Waals surface area contributed by atoms with Crippen molar-refractivity contribution in [2.24, 2.45) is 0 Å². The topological polar surface area (TPSA) is 84.3 Å². The SMILES string of the molecule is Cc1cn2cccc(OCC(=O)Nc3cc(C)[nH]n3)c2n1. The first kappa shape index (κ1) is 13.2. The molecule has 0 aliphatic heterocycles. The molecule has 3 rings (SSSR count). The third-order valence-corrected chi connectivity index (χ3v) is 2.90. The second-order valence-corrected chi connectivity index (χ2v) is 4.76. The van der Waals surface area contributed by atoms with Gasteiger partial charge in [0.05, 0.1) is 5.69 Å². The molecular weight excluding hydrogens is 270 g/mol. The highest BCUT2D eigenvalue weighted by Gasteiger charge is 2.09. The molecule has 0 bridgehead atoms. The van der Waals surface area contributed by atoms with Crippen LogP contribution in [0.5, 0.6) is 5.75 Å². The number of H-pyrrole nitrogens is 1. The molecule has 0 spiro atoms. The van der Waals surface area contributed by atoms with E-state index in [1.807, 2.05) is 36.7 Å². The van der Waals surface area contributed by atoms with E-state index in [1.165, 1.54) is 0 Å². The van der Waals surface area contributed by atoms with Gasteiger partial charge in [-0.2, -0.15) is 5.10 Å². The maximum Gasteiger partial charge on any atom is 0.263 e. The number of fused-ring (bicyclic) bond motifs is 1. The third kappa shape index (κ3) is 2.86. The number of hydrogen-bond acceptors (Lipinski definition) is 4. The first-order valence-corrected chi connectivity index (χ1v) is 6.51. The van der Waals surface area contributed by atoms with Gasteiger partial charge in [0.15, 0.2) is 23.8 Å². The molecule has 7 nitrogen and oxygen atoms in total. The number of amides is 1. The average Bonchev–Trinajstić information content (AvgIpc) is 3.01. The van der Waals surface area contributed by atoms with Crippen LogP contribution in [-0.2, 0) is 4.79 Å². The van der Waals surface area contributed by atoms with Gasteiger partial charge in [0.1, 0.15) is 0 Å². The molecule has 0 saturated heterocycles. The number of nitrogens with one attached hydrogen (secondary N) is 2. The summed E-state index contributed by atoms with van der Waals surface area (Å²) in [6, 6.07) is 5.38. The van der Waals surface area contributed by atoms with Gasteiger partial charge in [-0.15, -0.1) is 0 Å². The molecule has 0 atom stereocenters. The first-order valence-electron chi connectivity index (χ1n) is 6.51. The number of ether oxygens (including phenoxy) is 1. The van der Waals surface area contributed by atoms with Crippen LogP contribution in [0.25, 0.3) is 5.65 Å². The maximum atomic E-state index is 11.8. The zero-order chi connectivity index (χ0) is 14.8. The maximum absolute atomic E-state index is 11.8. The van der Waals surface area contributed by atoms with Crippen LogP contribution in [-0.4, -0.2) is 32.1 Å². The Morgan fingerprint density at radius 3 is 3.10 bits per heavy atom. The number of aromatic amines is 1. The molecule has 0 radical (unpaired) electrons. The highest BCUT2D eigenvalue weighted by molar-refractivity contribution is 5.91. The van der Waals surface area contributed by atoms with Crippen LogP contribution in [0.2, 0.25) is 0 Å². The van der Waals surface area contributed by atoms with Gasteiger partial charge in [-0.3, -0.25) is 9.89 Å². The van der Waals surface area contributed by atoms with Gasteiger partial charge < -0.3 is 14.5 Å². The molecule has 3 heterocycles. The van der Waals surface area contributed by atoms with E-state index in [1.54, 1.807) is 12.1 Å². The number of pyridine rings is 1. The zero-order valence-corrected chi connectivity index (χ0v) is 11.8. The Kier molecular flexibility index (Phi) is 3.31. The quantitative estimate of drug-likeness (QED) is 0.764. The van der Waals surface area contributed by atoms with Crippen LogP contribution in [0.1, 0.15) is 11.4 Å². The summed E-state index contributed by atoms with van der Waals surface area (Å²) in [5, 5.41) is 9.34. The number of hydrogen-bond donors (Lipinski definition) is 2. The normalized spacial score (nSPS) is 10.8. The van der Waals surface area contributed by atoms with Crippen LogP contribution >= 0.6 is 0 Å². The molecule has 0 unspecified atom stereocenters. The smallest absolute Gasteiger partial charge is 0.263 e. The van der Waals surface area contributed by atoms with Crippen molar-refractivity contribution in [1.82, 2.24) is 19.6 Å². The molecular formula is C14H15N5O2. The number of imidazole rings is 1. The molecule has 3 aromatic rings. The van der Waals surface area contributed by atoms with E-state index >= 15 is 0 Å². The number of rotatable bonds is 4. The monoisotopic (exact) mass is 285 g/mol. The van der Waals surface area contributed by atoms with E-state index in [0.29, 0.717) is 17.2 Å². The average molecular weight is 285 g/mol. The highest BCUT2D eigenvalue weighted by Crippen LogP contribution is 2.18. The van der Waals surface area contributed by atoms with Gasteiger partial charge in [-0.25, -0.2) is 4.98 Å². The van der Waals surface area contributed by atoms with Crippen molar-refractivity contribution in [3.05, 3.63) is 42.0 Å². The van der Waals surface area contributed by atoms with Gasteiger partial charge >= 0.3 is 0 Å². The second-order valence-electron chi connectivity index (χ2n) is 4.76. The predicted octanol–water partition coefficient (Wildman–Crippen LogP) is 1.69. The van der Waals surface area contributed by atoms with Gasteiger partial charge in [0.25, 0.3) is 5.91 Å². The number of carbonyl (C=O) groups is 1. The van der Waals surface area contributed by atoms with E-state index in [4.69, 9.17) is 4.74 Å².